The first-order valence-electron chi connectivity index (χ1n) is 10.7. The van der Waals surface area contributed by atoms with E-state index in [1.54, 1.807) is 17.0 Å². The molecule has 33 heavy (non-hydrogen) atoms. The van der Waals surface area contributed by atoms with E-state index in [0.717, 1.165) is 16.9 Å². The zero-order valence-corrected chi connectivity index (χ0v) is 19.5. The Morgan fingerprint density at radius 3 is 2.45 bits per heavy atom. The molecule has 0 bridgehead atoms. The Bertz CT molecular complexity index is 1110. The Morgan fingerprint density at radius 2 is 1.76 bits per heavy atom. The largest absolute Gasteiger partial charge is 0.485 e. The van der Waals surface area contributed by atoms with Gasteiger partial charge in [0.25, 0.3) is 0 Å². The molecule has 2 N–H and O–H groups in total. The summed E-state index contributed by atoms with van der Waals surface area (Å²) < 4.78 is 21.3. The number of nitrogens with two attached hydrogens (primary N) is 1. The lowest BCUT2D eigenvalue weighted by molar-refractivity contribution is -0.128. The van der Waals surface area contributed by atoms with Crippen LogP contribution < -0.4 is 15.5 Å². The summed E-state index contributed by atoms with van der Waals surface area (Å²) in [4.78, 5) is 16.4. The molecule has 174 valence electrons. The number of benzene rings is 2. The van der Waals surface area contributed by atoms with Crippen molar-refractivity contribution in [2.75, 3.05) is 42.7 Å². The molecule has 1 fully saturated rings. The highest BCUT2D eigenvalue weighted by Gasteiger charge is 2.23. The first kappa shape index (κ1) is 22.9. The third kappa shape index (κ3) is 5.22. The molecule has 1 aromatic heterocycles. The van der Waals surface area contributed by atoms with E-state index in [1.807, 2.05) is 43.0 Å². The van der Waals surface area contributed by atoms with Crippen molar-refractivity contribution in [2.24, 2.45) is 0 Å². The van der Waals surface area contributed by atoms with Crippen molar-refractivity contribution in [3.8, 4) is 5.75 Å². The normalized spacial score (nSPS) is 13.9. The quantitative estimate of drug-likeness (QED) is 0.420. The number of para-hydroxylation sites is 2. The number of thioether (sulfide) groups is 1. The first-order chi connectivity index (χ1) is 15.9. The average Bonchev–Trinajstić information content (AvgIpc) is 3.17. The van der Waals surface area contributed by atoms with E-state index in [1.165, 1.54) is 22.5 Å². The van der Waals surface area contributed by atoms with Crippen molar-refractivity contribution in [2.45, 2.75) is 25.6 Å². The minimum absolute atomic E-state index is 0.00970. The molecule has 2 heterocycles. The second-order valence-corrected chi connectivity index (χ2v) is 8.83. The van der Waals surface area contributed by atoms with Gasteiger partial charge in [0.2, 0.25) is 11.1 Å². The molecule has 1 amide bonds. The van der Waals surface area contributed by atoms with Crippen molar-refractivity contribution < 1.29 is 13.9 Å². The van der Waals surface area contributed by atoms with Crippen molar-refractivity contribution >= 4 is 23.4 Å². The Morgan fingerprint density at radius 1 is 1.06 bits per heavy atom. The number of nitrogens with zero attached hydrogens (tertiary/aromatic N) is 5. The highest BCUT2D eigenvalue weighted by molar-refractivity contribution is 7.99. The second-order valence-electron chi connectivity index (χ2n) is 7.89. The standard InChI is InChI=1S/C23H27FN6O2S/c1-16-6-5-7-17(2)22(16)32-14-20-26-27-23(30(20)25)33-15-21(31)29-12-10-28(11-13-29)19-9-4-3-8-18(19)24/h3-9H,10-15,25H2,1-2H3. The second kappa shape index (κ2) is 10.1. The van der Waals surface area contributed by atoms with E-state index in [9.17, 15) is 9.18 Å². The van der Waals surface area contributed by atoms with Gasteiger partial charge in [-0.25, -0.2) is 9.07 Å². The summed E-state index contributed by atoms with van der Waals surface area (Å²) in [6.07, 6.45) is 0. The van der Waals surface area contributed by atoms with E-state index in [-0.39, 0.29) is 24.1 Å². The molecule has 0 atom stereocenters. The zero-order chi connectivity index (χ0) is 23.4. The van der Waals surface area contributed by atoms with Gasteiger partial charge in [-0.3, -0.25) is 4.79 Å². The number of hydrogen-bond donors (Lipinski definition) is 1. The molecule has 1 aliphatic heterocycles. The van der Waals surface area contributed by atoms with Crippen LogP contribution in [-0.4, -0.2) is 57.6 Å². The number of anilines is 1. The maximum atomic E-state index is 14.0. The van der Waals surface area contributed by atoms with Gasteiger partial charge >= 0.3 is 0 Å². The van der Waals surface area contributed by atoms with Gasteiger partial charge in [0, 0.05) is 26.2 Å². The molecule has 0 spiro atoms. The Balaban J connectivity index is 1.28. The Kier molecular flexibility index (Phi) is 7.02. The lowest BCUT2D eigenvalue weighted by Crippen LogP contribution is -2.49. The third-order valence-electron chi connectivity index (χ3n) is 5.64. The molecule has 3 aromatic rings. The van der Waals surface area contributed by atoms with E-state index in [4.69, 9.17) is 10.6 Å². The summed E-state index contributed by atoms with van der Waals surface area (Å²) in [5.41, 5.74) is 2.65. The van der Waals surface area contributed by atoms with Crippen LogP contribution in [0.5, 0.6) is 5.75 Å². The highest BCUT2D eigenvalue weighted by atomic mass is 32.2. The number of amides is 1. The minimum Gasteiger partial charge on any atom is -0.485 e. The van der Waals surface area contributed by atoms with Crippen molar-refractivity contribution in [3.63, 3.8) is 0 Å². The number of halogens is 1. The summed E-state index contributed by atoms with van der Waals surface area (Å²) in [5, 5.41) is 8.66. The number of carbonyl (C=O) groups excluding carboxylic acids is 1. The summed E-state index contributed by atoms with van der Waals surface area (Å²) in [6, 6.07) is 12.7. The molecular weight excluding hydrogens is 443 g/mol. The van der Waals surface area contributed by atoms with Gasteiger partial charge in [0.15, 0.2) is 5.82 Å². The number of rotatable bonds is 7. The van der Waals surface area contributed by atoms with Crippen LogP contribution in [0, 0.1) is 19.7 Å². The number of carbonyl (C=O) groups is 1. The van der Waals surface area contributed by atoms with Crippen molar-refractivity contribution in [1.29, 1.82) is 0 Å². The van der Waals surface area contributed by atoms with E-state index in [2.05, 4.69) is 10.2 Å². The van der Waals surface area contributed by atoms with Crippen molar-refractivity contribution in [1.82, 2.24) is 19.8 Å². The lowest BCUT2D eigenvalue weighted by Gasteiger charge is -2.36. The van der Waals surface area contributed by atoms with Crippen LogP contribution in [0.1, 0.15) is 17.0 Å². The zero-order valence-electron chi connectivity index (χ0n) is 18.7. The molecular formula is C23H27FN6O2S. The summed E-state index contributed by atoms with van der Waals surface area (Å²) in [5.74, 6) is 7.36. The molecule has 0 saturated carbocycles. The van der Waals surface area contributed by atoms with Crippen LogP contribution in [-0.2, 0) is 11.4 Å². The highest BCUT2D eigenvalue weighted by Crippen LogP contribution is 2.24. The molecule has 0 radical (unpaired) electrons. The first-order valence-corrected chi connectivity index (χ1v) is 11.7. The Hall–Kier alpha value is -3.27. The Labute approximate surface area is 196 Å². The third-order valence-corrected chi connectivity index (χ3v) is 6.57. The molecule has 1 aliphatic rings. The molecule has 10 heteroatoms. The maximum absolute atomic E-state index is 14.0. The van der Waals surface area contributed by atoms with Gasteiger partial charge in [0.05, 0.1) is 11.4 Å². The van der Waals surface area contributed by atoms with E-state index in [0.29, 0.717) is 42.8 Å². The smallest absolute Gasteiger partial charge is 0.233 e. The SMILES string of the molecule is Cc1cccc(C)c1OCc1nnc(SCC(=O)N2CCN(c3ccccc3F)CC2)n1N. The van der Waals surface area contributed by atoms with Gasteiger partial charge in [-0.05, 0) is 37.1 Å². The number of aryl methyl sites for hydroxylation is 2. The number of ether oxygens (including phenoxy) is 1. The fourth-order valence-corrected chi connectivity index (χ4v) is 4.57. The van der Waals surface area contributed by atoms with Crippen molar-refractivity contribution in [3.05, 3.63) is 65.2 Å². The van der Waals surface area contributed by atoms with E-state index < -0.39 is 0 Å². The van der Waals surface area contributed by atoms with Crippen LogP contribution in [0.2, 0.25) is 0 Å². The minimum atomic E-state index is -0.243. The average molecular weight is 471 g/mol. The number of hydrogen-bond acceptors (Lipinski definition) is 7. The van der Waals surface area contributed by atoms with Gasteiger partial charge in [0.1, 0.15) is 18.2 Å². The van der Waals surface area contributed by atoms with Gasteiger partial charge < -0.3 is 20.4 Å². The van der Waals surface area contributed by atoms with Gasteiger partial charge in [-0.2, -0.15) is 0 Å². The topological polar surface area (TPSA) is 89.5 Å². The number of aromatic nitrogens is 3. The summed E-state index contributed by atoms with van der Waals surface area (Å²) in [7, 11) is 0. The predicted octanol–water partition coefficient (Wildman–Crippen LogP) is 2.77. The molecule has 8 nitrogen and oxygen atoms in total. The van der Waals surface area contributed by atoms with Crippen LogP contribution >= 0.6 is 11.8 Å². The monoisotopic (exact) mass is 470 g/mol. The lowest BCUT2D eigenvalue weighted by atomic mass is 10.1. The fourth-order valence-electron chi connectivity index (χ4n) is 3.79. The molecule has 0 unspecified atom stereocenters. The van der Waals surface area contributed by atoms with Crippen LogP contribution in [0.4, 0.5) is 10.1 Å². The predicted molar refractivity (Wildman–Crippen MR) is 126 cm³/mol. The number of nitrogen functional groups attached to an aromatic ring is 1. The maximum Gasteiger partial charge on any atom is 0.233 e. The van der Waals surface area contributed by atoms with Gasteiger partial charge in [-0.15, -0.1) is 10.2 Å². The fraction of sp³-hybridized carbons (Fsp3) is 0.348. The van der Waals surface area contributed by atoms with Gasteiger partial charge in [-0.1, -0.05) is 42.1 Å². The van der Waals surface area contributed by atoms with Crippen LogP contribution in [0.25, 0.3) is 0 Å². The molecule has 0 aliphatic carbocycles. The molecule has 2 aromatic carbocycles. The van der Waals surface area contributed by atoms with E-state index >= 15 is 0 Å². The molecule has 1 saturated heterocycles. The summed E-state index contributed by atoms with van der Waals surface area (Å²) in [6.45, 7) is 6.41. The summed E-state index contributed by atoms with van der Waals surface area (Å²) >= 11 is 1.24. The van der Waals surface area contributed by atoms with Crippen LogP contribution in [0.3, 0.4) is 0 Å². The number of piperazine rings is 1. The molecule has 4 rings (SSSR count). The van der Waals surface area contributed by atoms with Crippen LogP contribution in [0.15, 0.2) is 47.6 Å².